The number of benzene rings is 1. The Balaban J connectivity index is 2.78. The Morgan fingerprint density at radius 2 is 2.07 bits per heavy atom. The summed E-state index contributed by atoms with van der Waals surface area (Å²) in [5.74, 6) is -0.970. The van der Waals surface area contributed by atoms with Gasteiger partial charge in [-0.15, -0.1) is 0 Å². The SMILES string of the molecule is Cc1cc(Br)c2c(c1)S(=O)(=O)CC(=O)N2. The topological polar surface area (TPSA) is 63.2 Å². The van der Waals surface area contributed by atoms with Crippen molar-refractivity contribution in [1.29, 1.82) is 0 Å². The number of sulfone groups is 1. The number of anilines is 1. The quantitative estimate of drug-likeness (QED) is 0.787. The van der Waals surface area contributed by atoms with Gasteiger partial charge in [-0.1, -0.05) is 0 Å². The molecule has 0 unspecified atom stereocenters. The molecule has 0 spiro atoms. The lowest BCUT2D eigenvalue weighted by atomic mass is 10.2. The Bertz CT molecular complexity index is 551. The van der Waals surface area contributed by atoms with Crippen LogP contribution in [-0.2, 0) is 14.6 Å². The fourth-order valence-electron chi connectivity index (χ4n) is 1.50. The summed E-state index contributed by atoms with van der Waals surface area (Å²) < 4.78 is 24.0. The van der Waals surface area contributed by atoms with Crippen LogP contribution in [0.5, 0.6) is 0 Å². The number of amides is 1. The third kappa shape index (κ3) is 1.79. The van der Waals surface area contributed by atoms with Gasteiger partial charge >= 0.3 is 0 Å². The van der Waals surface area contributed by atoms with Gasteiger partial charge in [-0.3, -0.25) is 4.79 Å². The number of aryl methyl sites for hydroxylation is 1. The molecule has 0 fully saturated rings. The lowest BCUT2D eigenvalue weighted by Crippen LogP contribution is -2.29. The molecule has 1 aliphatic rings. The van der Waals surface area contributed by atoms with Crippen LogP contribution in [0, 0.1) is 6.92 Å². The molecule has 1 aromatic carbocycles. The lowest BCUT2D eigenvalue weighted by molar-refractivity contribution is -0.114. The molecule has 1 N–H and O–H groups in total. The minimum atomic E-state index is -3.48. The minimum Gasteiger partial charge on any atom is -0.323 e. The third-order valence-electron chi connectivity index (χ3n) is 2.12. The Morgan fingerprint density at radius 1 is 1.40 bits per heavy atom. The van der Waals surface area contributed by atoms with E-state index in [1.165, 1.54) is 0 Å². The zero-order valence-electron chi connectivity index (χ0n) is 7.87. The van der Waals surface area contributed by atoms with Gasteiger partial charge in [0.05, 0.1) is 10.6 Å². The highest BCUT2D eigenvalue weighted by Gasteiger charge is 2.30. The summed E-state index contributed by atoms with van der Waals surface area (Å²) in [6, 6.07) is 3.33. The lowest BCUT2D eigenvalue weighted by Gasteiger charge is -2.18. The van der Waals surface area contributed by atoms with Gasteiger partial charge < -0.3 is 5.32 Å². The maximum absolute atomic E-state index is 11.7. The fourth-order valence-corrected chi connectivity index (χ4v) is 3.72. The molecule has 15 heavy (non-hydrogen) atoms. The second-order valence-electron chi connectivity index (χ2n) is 3.43. The first kappa shape index (κ1) is 10.6. The zero-order valence-corrected chi connectivity index (χ0v) is 10.3. The van der Waals surface area contributed by atoms with E-state index >= 15 is 0 Å². The van der Waals surface area contributed by atoms with Crippen molar-refractivity contribution in [3.63, 3.8) is 0 Å². The largest absolute Gasteiger partial charge is 0.323 e. The number of hydrogen-bond donors (Lipinski definition) is 1. The van der Waals surface area contributed by atoms with E-state index in [-0.39, 0.29) is 4.90 Å². The number of fused-ring (bicyclic) bond motifs is 1. The number of carbonyl (C=O) groups is 1. The van der Waals surface area contributed by atoms with Crippen LogP contribution >= 0.6 is 15.9 Å². The van der Waals surface area contributed by atoms with Crippen LogP contribution < -0.4 is 5.32 Å². The molecule has 0 aliphatic carbocycles. The molecular weight excluding hydrogens is 282 g/mol. The molecule has 2 rings (SSSR count). The van der Waals surface area contributed by atoms with Gasteiger partial charge in [-0.2, -0.15) is 0 Å². The Morgan fingerprint density at radius 3 is 2.73 bits per heavy atom. The number of hydrogen-bond acceptors (Lipinski definition) is 3. The van der Waals surface area contributed by atoms with Gasteiger partial charge in [0.1, 0.15) is 5.75 Å². The molecule has 0 atom stereocenters. The van der Waals surface area contributed by atoms with E-state index < -0.39 is 21.5 Å². The first-order valence-corrected chi connectivity index (χ1v) is 6.67. The highest BCUT2D eigenvalue weighted by molar-refractivity contribution is 9.10. The highest BCUT2D eigenvalue weighted by Crippen LogP contribution is 2.34. The molecule has 6 heteroatoms. The van der Waals surface area contributed by atoms with E-state index in [9.17, 15) is 13.2 Å². The molecule has 1 aromatic rings. The normalized spacial score (nSPS) is 18.1. The van der Waals surface area contributed by atoms with Crippen molar-refractivity contribution < 1.29 is 13.2 Å². The molecule has 0 bridgehead atoms. The second-order valence-corrected chi connectivity index (χ2v) is 6.24. The molecule has 1 aliphatic heterocycles. The summed E-state index contributed by atoms with van der Waals surface area (Å²) >= 11 is 3.23. The van der Waals surface area contributed by atoms with Crippen LogP contribution in [0.25, 0.3) is 0 Å². The van der Waals surface area contributed by atoms with Gasteiger partial charge in [0, 0.05) is 4.47 Å². The van der Waals surface area contributed by atoms with Gasteiger partial charge in [-0.25, -0.2) is 8.42 Å². The van der Waals surface area contributed by atoms with Gasteiger partial charge in [0.15, 0.2) is 9.84 Å². The van der Waals surface area contributed by atoms with Crippen LogP contribution in [0.15, 0.2) is 21.5 Å². The van der Waals surface area contributed by atoms with E-state index in [2.05, 4.69) is 21.2 Å². The Kier molecular flexibility index (Phi) is 2.35. The van der Waals surface area contributed by atoms with E-state index in [4.69, 9.17) is 0 Å². The summed E-state index contributed by atoms with van der Waals surface area (Å²) in [4.78, 5) is 11.4. The van der Waals surface area contributed by atoms with E-state index in [0.717, 1.165) is 5.56 Å². The number of halogens is 1. The summed E-state index contributed by atoms with van der Waals surface area (Å²) in [5.41, 5.74) is 1.18. The predicted molar refractivity (Wildman–Crippen MR) is 59.6 cm³/mol. The van der Waals surface area contributed by atoms with Crippen LogP contribution in [0.3, 0.4) is 0 Å². The average Bonchev–Trinajstić information content (AvgIpc) is 2.06. The van der Waals surface area contributed by atoms with Crippen molar-refractivity contribution in [3.8, 4) is 0 Å². The summed E-state index contributed by atoms with van der Waals surface area (Å²) in [5, 5.41) is 2.55. The molecule has 1 heterocycles. The zero-order chi connectivity index (χ0) is 11.2. The third-order valence-corrected chi connectivity index (χ3v) is 4.38. The maximum Gasteiger partial charge on any atom is 0.240 e. The molecule has 80 valence electrons. The summed E-state index contributed by atoms with van der Waals surface area (Å²) in [6.07, 6.45) is 0. The molecule has 1 amide bonds. The van der Waals surface area contributed by atoms with Crippen LogP contribution in [0.2, 0.25) is 0 Å². The molecule has 4 nitrogen and oxygen atoms in total. The average molecular weight is 290 g/mol. The van der Waals surface area contributed by atoms with E-state index in [1.807, 2.05) is 0 Å². The smallest absolute Gasteiger partial charge is 0.240 e. The van der Waals surface area contributed by atoms with Gasteiger partial charge in [0.25, 0.3) is 0 Å². The van der Waals surface area contributed by atoms with Crippen molar-refractivity contribution in [2.75, 3.05) is 11.1 Å². The van der Waals surface area contributed by atoms with Crippen molar-refractivity contribution in [3.05, 3.63) is 22.2 Å². The second kappa shape index (κ2) is 3.31. The Labute approximate surface area is 95.7 Å². The molecular formula is C9H8BrNO3S. The predicted octanol–water partition coefficient (Wildman–Crippen LogP) is 1.48. The molecule has 0 saturated carbocycles. The van der Waals surface area contributed by atoms with Crippen molar-refractivity contribution in [2.24, 2.45) is 0 Å². The molecule has 0 saturated heterocycles. The highest BCUT2D eigenvalue weighted by atomic mass is 79.9. The monoisotopic (exact) mass is 289 g/mol. The van der Waals surface area contributed by atoms with Crippen LogP contribution in [-0.4, -0.2) is 20.1 Å². The Hall–Kier alpha value is -0.880. The van der Waals surface area contributed by atoms with Crippen molar-refractivity contribution in [2.45, 2.75) is 11.8 Å². The molecule has 0 radical (unpaired) electrons. The fraction of sp³-hybridized carbons (Fsp3) is 0.222. The van der Waals surface area contributed by atoms with E-state index in [1.54, 1.807) is 19.1 Å². The minimum absolute atomic E-state index is 0.189. The van der Waals surface area contributed by atoms with Crippen LogP contribution in [0.4, 0.5) is 5.69 Å². The first-order chi connectivity index (χ1) is 6.90. The standard InChI is InChI=1S/C9H8BrNO3S/c1-5-2-6(10)9-7(3-5)15(13,14)4-8(12)11-9/h2-3H,4H2,1H3,(H,11,12). The number of rotatable bonds is 0. The maximum atomic E-state index is 11.7. The van der Waals surface area contributed by atoms with Crippen molar-refractivity contribution in [1.82, 2.24) is 0 Å². The van der Waals surface area contributed by atoms with Gasteiger partial charge in [-0.05, 0) is 40.5 Å². The van der Waals surface area contributed by atoms with Gasteiger partial charge in [0.2, 0.25) is 5.91 Å². The number of carbonyl (C=O) groups excluding carboxylic acids is 1. The summed E-state index contributed by atoms with van der Waals surface area (Å²) in [7, 11) is -3.48. The number of nitrogens with one attached hydrogen (secondary N) is 1. The summed E-state index contributed by atoms with van der Waals surface area (Å²) in [6.45, 7) is 1.80. The van der Waals surface area contributed by atoms with Crippen LogP contribution in [0.1, 0.15) is 5.56 Å². The van der Waals surface area contributed by atoms with E-state index in [0.29, 0.717) is 10.2 Å². The first-order valence-electron chi connectivity index (χ1n) is 4.23. The molecule has 0 aromatic heterocycles. The van der Waals surface area contributed by atoms with Crippen molar-refractivity contribution >= 4 is 37.4 Å².